The van der Waals surface area contributed by atoms with E-state index in [1.807, 2.05) is 0 Å². The molecule has 1 aliphatic rings. The van der Waals surface area contributed by atoms with Gasteiger partial charge in [-0.25, -0.2) is 0 Å². The molecule has 0 unspecified atom stereocenters. The minimum atomic E-state index is -0.146. The van der Waals surface area contributed by atoms with Crippen molar-refractivity contribution in [3.8, 4) is 0 Å². The molecule has 0 aromatic carbocycles. The van der Waals surface area contributed by atoms with Gasteiger partial charge in [0.1, 0.15) is 0 Å². The molecule has 0 spiro atoms. The van der Waals surface area contributed by atoms with Crippen molar-refractivity contribution in [3.63, 3.8) is 0 Å². The largest absolute Gasteiger partial charge is 0.466 e. The van der Waals surface area contributed by atoms with Crippen LogP contribution in [0.25, 0.3) is 0 Å². The molecule has 0 bridgehead atoms. The Bertz CT molecular complexity index is 200. The average Bonchev–Trinajstić information content (AvgIpc) is 2.29. The Morgan fingerprint density at radius 3 is 2.75 bits per heavy atom. The second-order valence-corrected chi connectivity index (χ2v) is 4.40. The first-order valence-corrected chi connectivity index (χ1v) is 6.28. The highest BCUT2D eigenvalue weighted by atomic mass is 16.5. The Morgan fingerprint density at radius 2 is 2.12 bits per heavy atom. The number of unbranched alkanes of at least 4 members (excludes halogenated alkanes) is 1. The van der Waals surface area contributed by atoms with E-state index in [2.05, 4.69) is 11.8 Å². The number of esters is 1. The topological polar surface area (TPSA) is 49.8 Å². The van der Waals surface area contributed by atoms with Crippen LogP contribution < -0.4 is 0 Å². The number of carbonyl (C=O) groups excluding carboxylic acids is 1. The van der Waals surface area contributed by atoms with Crippen molar-refractivity contribution >= 4 is 5.97 Å². The summed E-state index contributed by atoms with van der Waals surface area (Å²) in [5.74, 6) is -0.0976. The minimum absolute atomic E-state index is 0.0976. The van der Waals surface area contributed by atoms with Gasteiger partial charge >= 0.3 is 5.97 Å². The predicted octanol–water partition coefficient (Wildman–Crippen LogP) is 1.18. The highest BCUT2D eigenvalue weighted by Gasteiger charge is 2.17. The number of likely N-dealkylation sites (tertiary alicyclic amines) is 1. The van der Waals surface area contributed by atoms with Crippen molar-refractivity contribution in [2.45, 2.75) is 45.1 Å². The lowest BCUT2D eigenvalue weighted by molar-refractivity contribution is -0.144. The quantitative estimate of drug-likeness (QED) is 0.549. The van der Waals surface area contributed by atoms with Crippen molar-refractivity contribution in [2.75, 3.05) is 26.2 Å². The Labute approximate surface area is 97.6 Å². The van der Waals surface area contributed by atoms with E-state index in [0.29, 0.717) is 13.0 Å². The third-order valence-corrected chi connectivity index (χ3v) is 2.95. The van der Waals surface area contributed by atoms with Crippen LogP contribution in [0.1, 0.15) is 39.0 Å². The maximum atomic E-state index is 11.3. The Balaban J connectivity index is 2.03. The second-order valence-electron chi connectivity index (χ2n) is 4.40. The molecule has 0 amide bonds. The third-order valence-electron chi connectivity index (χ3n) is 2.95. The summed E-state index contributed by atoms with van der Waals surface area (Å²) in [6, 6.07) is 0. The lowest BCUT2D eigenvalue weighted by Crippen LogP contribution is -2.37. The molecular weight excluding hydrogens is 206 g/mol. The van der Waals surface area contributed by atoms with Gasteiger partial charge in [-0.1, -0.05) is 13.3 Å². The first-order chi connectivity index (χ1) is 7.72. The van der Waals surface area contributed by atoms with Gasteiger partial charge in [-0.05, 0) is 19.3 Å². The van der Waals surface area contributed by atoms with Gasteiger partial charge in [0.15, 0.2) is 0 Å². The van der Waals surface area contributed by atoms with Crippen molar-refractivity contribution in [3.05, 3.63) is 0 Å². The summed E-state index contributed by atoms with van der Waals surface area (Å²) in [6.45, 7) is 5.17. The summed E-state index contributed by atoms with van der Waals surface area (Å²) in [5, 5.41) is 9.33. The monoisotopic (exact) mass is 229 g/mol. The van der Waals surface area contributed by atoms with Crippen LogP contribution in [0, 0.1) is 0 Å². The van der Waals surface area contributed by atoms with Crippen LogP contribution in [-0.4, -0.2) is 48.3 Å². The molecule has 1 aliphatic heterocycles. The minimum Gasteiger partial charge on any atom is -0.466 e. The van der Waals surface area contributed by atoms with Crippen molar-refractivity contribution in [1.82, 2.24) is 4.90 Å². The van der Waals surface area contributed by atoms with Crippen molar-refractivity contribution < 1.29 is 14.6 Å². The first kappa shape index (κ1) is 13.5. The van der Waals surface area contributed by atoms with Crippen LogP contribution in [-0.2, 0) is 9.53 Å². The van der Waals surface area contributed by atoms with E-state index in [9.17, 15) is 9.90 Å². The van der Waals surface area contributed by atoms with Crippen LogP contribution in [0.3, 0.4) is 0 Å². The fraction of sp³-hybridized carbons (Fsp3) is 0.917. The number of ether oxygens (including phenoxy) is 1. The predicted molar refractivity (Wildman–Crippen MR) is 62.2 cm³/mol. The molecule has 0 radical (unpaired) electrons. The molecule has 1 N–H and O–H groups in total. The van der Waals surface area contributed by atoms with Gasteiger partial charge in [0, 0.05) is 19.6 Å². The number of aliphatic hydroxyl groups excluding tert-OH is 1. The lowest BCUT2D eigenvalue weighted by atomic mass is 10.1. The molecular formula is C12H23NO3. The van der Waals surface area contributed by atoms with E-state index >= 15 is 0 Å². The molecule has 94 valence electrons. The standard InChI is InChI=1S/C12H23NO3/c1-2-3-10-16-12(15)6-9-13-7-4-11(14)5-8-13/h11,14H,2-10H2,1H3. The Hall–Kier alpha value is -0.610. The van der Waals surface area contributed by atoms with E-state index in [0.717, 1.165) is 45.3 Å². The second kappa shape index (κ2) is 7.63. The van der Waals surface area contributed by atoms with Gasteiger partial charge in [-0.2, -0.15) is 0 Å². The number of hydrogen-bond acceptors (Lipinski definition) is 4. The third kappa shape index (κ3) is 5.47. The van der Waals surface area contributed by atoms with Crippen LogP contribution in [0.5, 0.6) is 0 Å². The van der Waals surface area contributed by atoms with Crippen molar-refractivity contribution in [1.29, 1.82) is 0 Å². The molecule has 1 rings (SSSR count). The molecule has 0 saturated carbocycles. The summed E-state index contributed by atoms with van der Waals surface area (Å²) < 4.78 is 5.08. The molecule has 16 heavy (non-hydrogen) atoms. The molecule has 0 atom stereocenters. The fourth-order valence-electron chi connectivity index (χ4n) is 1.79. The maximum Gasteiger partial charge on any atom is 0.307 e. The number of hydrogen-bond donors (Lipinski definition) is 1. The van der Waals surface area contributed by atoms with E-state index < -0.39 is 0 Å². The lowest BCUT2D eigenvalue weighted by Gasteiger charge is -2.28. The molecule has 1 heterocycles. The molecule has 4 heteroatoms. The van der Waals surface area contributed by atoms with Crippen LogP contribution >= 0.6 is 0 Å². The number of aliphatic hydroxyl groups is 1. The summed E-state index contributed by atoms with van der Waals surface area (Å²) in [6.07, 6.45) is 3.97. The molecule has 1 fully saturated rings. The van der Waals surface area contributed by atoms with E-state index in [4.69, 9.17) is 4.74 Å². The molecule has 0 aromatic heterocycles. The smallest absolute Gasteiger partial charge is 0.307 e. The maximum absolute atomic E-state index is 11.3. The summed E-state index contributed by atoms with van der Waals surface area (Å²) in [4.78, 5) is 13.5. The van der Waals surface area contributed by atoms with E-state index in [1.165, 1.54) is 0 Å². The van der Waals surface area contributed by atoms with Gasteiger partial charge in [0.25, 0.3) is 0 Å². The van der Waals surface area contributed by atoms with Gasteiger partial charge in [-0.15, -0.1) is 0 Å². The Morgan fingerprint density at radius 1 is 1.44 bits per heavy atom. The van der Waals surface area contributed by atoms with Gasteiger partial charge < -0.3 is 14.7 Å². The number of carbonyl (C=O) groups is 1. The Kier molecular flexibility index (Phi) is 6.42. The molecule has 1 saturated heterocycles. The zero-order chi connectivity index (χ0) is 11.8. The SMILES string of the molecule is CCCCOC(=O)CCN1CCC(O)CC1. The number of piperidine rings is 1. The van der Waals surface area contributed by atoms with E-state index in [-0.39, 0.29) is 12.1 Å². The van der Waals surface area contributed by atoms with Crippen LogP contribution in [0.15, 0.2) is 0 Å². The normalized spacial score (nSPS) is 18.6. The highest BCUT2D eigenvalue weighted by Crippen LogP contribution is 2.10. The van der Waals surface area contributed by atoms with Gasteiger partial charge in [-0.3, -0.25) is 4.79 Å². The summed E-state index contributed by atoms with van der Waals surface area (Å²) in [7, 11) is 0. The zero-order valence-corrected chi connectivity index (χ0v) is 10.2. The molecule has 0 aromatic rings. The first-order valence-electron chi connectivity index (χ1n) is 6.28. The van der Waals surface area contributed by atoms with Gasteiger partial charge in [0.05, 0.1) is 19.1 Å². The van der Waals surface area contributed by atoms with E-state index in [1.54, 1.807) is 0 Å². The fourth-order valence-corrected chi connectivity index (χ4v) is 1.79. The highest BCUT2D eigenvalue weighted by molar-refractivity contribution is 5.69. The average molecular weight is 229 g/mol. The summed E-state index contributed by atoms with van der Waals surface area (Å²) in [5.41, 5.74) is 0. The van der Waals surface area contributed by atoms with Crippen LogP contribution in [0.4, 0.5) is 0 Å². The van der Waals surface area contributed by atoms with Crippen molar-refractivity contribution in [2.24, 2.45) is 0 Å². The van der Waals surface area contributed by atoms with Crippen LogP contribution in [0.2, 0.25) is 0 Å². The summed E-state index contributed by atoms with van der Waals surface area (Å²) >= 11 is 0. The molecule has 0 aliphatic carbocycles. The number of rotatable bonds is 6. The zero-order valence-electron chi connectivity index (χ0n) is 10.2. The molecule has 4 nitrogen and oxygen atoms in total. The number of nitrogens with zero attached hydrogens (tertiary/aromatic N) is 1. The van der Waals surface area contributed by atoms with Gasteiger partial charge in [0.2, 0.25) is 0 Å².